The molecular weight excluding hydrogens is 238 g/mol. The molecule has 0 aromatic carbocycles. The number of aromatic nitrogens is 3. The van der Waals surface area contributed by atoms with Crippen LogP contribution >= 0.6 is 11.6 Å². The van der Waals surface area contributed by atoms with Gasteiger partial charge in [0.1, 0.15) is 5.82 Å². The predicted octanol–water partition coefficient (Wildman–Crippen LogP) is 2.23. The smallest absolute Gasteiger partial charge is 0.111 e. The fraction of sp³-hybridized carbons (Fsp3) is 0.333. The Bertz CT molecular complexity index is 498. The van der Waals surface area contributed by atoms with Crippen molar-refractivity contribution in [2.75, 3.05) is 0 Å². The Kier molecular flexibility index (Phi) is 3.76. The molecule has 0 aliphatic carbocycles. The fourth-order valence-corrected chi connectivity index (χ4v) is 2.00. The van der Waals surface area contributed by atoms with Crippen molar-refractivity contribution < 1.29 is 5.11 Å². The van der Waals surface area contributed by atoms with E-state index >= 15 is 0 Å². The average molecular weight is 252 g/mol. The Morgan fingerprint density at radius 3 is 3.00 bits per heavy atom. The van der Waals surface area contributed by atoms with Crippen LogP contribution in [0.25, 0.3) is 0 Å². The highest BCUT2D eigenvalue weighted by atomic mass is 35.5. The van der Waals surface area contributed by atoms with Gasteiger partial charge in [0.05, 0.1) is 11.1 Å². The topological polar surface area (TPSA) is 50.9 Å². The molecule has 2 aromatic heterocycles. The van der Waals surface area contributed by atoms with E-state index in [0.29, 0.717) is 17.0 Å². The van der Waals surface area contributed by atoms with Gasteiger partial charge in [0.2, 0.25) is 0 Å². The van der Waals surface area contributed by atoms with Crippen molar-refractivity contribution in [1.82, 2.24) is 14.5 Å². The second kappa shape index (κ2) is 5.29. The van der Waals surface area contributed by atoms with Gasteiger partial charge in [-0.25, -0.2) is 4.98 Å². The number of pyridine rings is 1. The van der Waals surface area contributed by atoms with Crippen LogP contribution in [0.4, 0.5) is 0 Å². The molecule has 17 heavy (non-hydrogen) atoms. The number of aliphatic hydroxyl groups excluding tert-OH is 1. The van der Waals surface area contributed by atoms with Crippen LogP contribution in [-0.2, 0) is 13.0 Å². The van der Waals surface area contributed by atoms with Gasteiger partial charge in [-0.2, -0.15) is 0 Å². The minimum atomic E-state index is -0.654. The predicted molar refractivity (Wildman–Crippen MR) is 65.8 cm³/mol. The van der Waals surface area contributed by atoms with Crippen LogP contribution in [0.15, 0.2) is 30.9 Å². The number of halogens is 1. The number of rotatable bonds is 4. The molecule has 0 fully saturated rings. The van der Waals surface area contributed by atoms with Crippen molar-refractivity contribution in [3.8, 4) is 0 Å². The average Bonchev–Trinajstić information content (AvgIpc) is 2.76. The first-order valence-corrected chi connectivity index (χ1v) is 5.87. The van der Waals surface area contributed by atoms with Crippen LogP contribution in [0, 0.1) is 0 Å². The lowest BCUT2D eigenvalue weighted by molar-refractivity contribution is 0.174. The molecule has 0 aliphatic rings. The van der Waals surface area contributed by atoms with Crippen molar-refractivity contribution >= 4 is 11.6 Å². The third kappa shape index (κ3) is 2.65. The molecular formula is C12H14ClN3O. The summed E-state index contributed by atoms with van der Waals surface area (Å²) in [6, 6.07) is 1.73. The van der Waals surface area contributed by atoms with Gasteiger partial charge in [-0.1, -0.05) is 11.6 Å². The molecule has 1 atom stereocenters. The summed E-state index contributed by atoms with van der Waals surface area (Å²) in [6.45, 7) is 2.88. The zero-order chi connectivity index (χ0) is 12.3. The molecule has 0 saturated carbocycles. The highest BCUT2D eigenvalue weighted by Gasteiger charge is 2.14. The molecule has 1 N–H and O–H groups in total. The molecule has 90 valence electrons. The highest BCUT2D eigenvalue weighted by Crippen LogP contribution is 2.24. The summed E-state index contributed by atoms with van der Waals surface area (Å²) >= 11 is 5.98. The second-order valence-electron chi connectivity index (χ2n) is 3.75. The van der Waals surface area contributed by atoms with Crippen molar-refractivity contribution in [2.24, 2.45) is 0 Å². The monoisotopic (exact) mass is 251 g/mol. The second-order valence-corrected chi connectivity index (χ2v) is 4.15. The maximum Gasteiger partial charge on any atom is 0.111 e. The van der Waals surface area contributed by atoms with Crippen LogP contribution in [0.1, 0.15) is 24.4 Å². The van der Waals surface area contributed by atoms with Crippen LogP contribution in [-0.4, -0.2) is 19.6 Å². The number of nitrogens with zero attached hydrogens (tertiary/aromatic N) is 3. The molecule has 2 aromatic rings. The number of imidazole rings is 1. The van der Waals surface area contributed by atoms with Crippen molar-refractivity contribution in [3.63, 3.8) is 0 Å². The molecule has 0 radical (unpaired) electrons. The molecule has 0 saturated heterocycles. The van der Waals surface area contributed by atoms with E-state index in [-0.39, 0.29) is 0 Å². The van der Waals surface area contributed by atoms with E-state index in [9.17, 15) is 5.11 Å². The summed E-state index contributed by atoms with van der Waals surface area (Å²) in [5.41, 5.74) is 0.687. The lowest BCUT2D eigenvalue weighted by Crippen LogP contribution is -2.08. The summed E-state index contributed by atoms with van der Waals surface area (Å²) in [6.07, 6.45) is 6.59. The standard InChI is InChI=1S/C12H14ClN3O/c1-2-16-6-5-15-12(16)7-11(17)9-3-4-14-8-10(9)13/h3-6,8,11,17H,2,7H2,1H3. The Morgan fingerprint density at radius 1 is 1.47 bits per heavy atom. The van der Waals surface area contributed by atoms with Crippen LogP contribution < -0.4 is 0 Å². The van der Waals surface area contributed by atoms with Gasteiger partial charge in [0.15, 0.2) is 0 Å². The normalized spacial score (nSPS) is 12.6. The van der Waals surface area contributed by atoms with Gasteiger partial charge in [-0.15, -0.1) is 0 Å². The quantitative estimate of drug-likeness (QED) is 0.907. The molecule has 0 spiro atoms. The zero-order valence-electron chi connectivity index (χ0n) is 9.55. The summed E-state index contributed by atoms with van der Waals surface area (Å²) in [7, 11) is 0. The Labute approximate surface area is 105 Å². The van der Waals surface area contributed by atoms with Crippen molar-refractivity contribution in [2.45, 2.75) is 26.0 Å². The maximum atomic E-state index is 10.1. The first-order chi connectivity index (χ1) is 8.22. The molecule has 0 aliphatic heterocycles. The third-order valence-corrected chi connectivity index (χ3v) is 3.00. The first kappa shape index (κ1) is 12.1. The van der Waals surface area contributed by atoms with Gasteiger partial charge < -0.3 is 9.67 Å². The van der Waals surface area contributed by atoms with E-state index in [1.165, 1.54) is 6.20 Å². The number of aryl methyl sites for hydroxylation is 1. The van der Waals surface area contributed by atoms with Gasteiger partial charge >= 0.3 is 0 Å². The summed E-state index contributed by atoms with van der Waals surface area (Å²) in [4.78, 5) is 8.12. The summed E-state index contributed by atoms with van der Waals surface area (Å²) in [5.74, 6) is 0.855. The molecule has 0 amide bonds. The van der Waals surface area contributed by atoms with Crippen LogP contribution in [0.3, 0.4) is 0 Å². The maximum absolute atomic E-state index is 10.1. The van der Waals surface area contributed by atoms with Gasteiger partial charge in [-0.05, 0) is 13.0 Å². The van der Waals surface area contributed by atoms with E-state index in [1.807, 2.05) is 17.7 Å². The Hall–Kier alpha value is -1.39. The lowest BCUT2D eigenvalue weighted by Gasteiger charge is -2.12. The molecule has 5 heteroatoms. The minimum absolute atomic E-state index is 0.449. The number of hydrogen-bond donors (Lipinski definition) is 1. The highest BCUT2D eigenvalue weighted by molar-refractivity contribution is 6.31. The van der Waals surface area contributed by atoms with Gasteiger partial charge in [0.25, 0.3) is 0 Å². The van der Waals surface area contributed by atoms with Gasteiger partial charge in [0, 0.05) is 43.3 Å². The van der Waals surface area contributed by atoms with Gasteiger partial charge in [-0.3, -0.25) is 4.98 Å². The van der Waals surface area contributed by atoms with E-state index in [4.69, 9.17) is 11.6 Å². The molecule has 1 unspecified atom stereocenters. The third-order valence-electron chi connectivity index (χ3n) is 2.68. The zero-order valence-corrected chi connectivity index (χ0v) is 10.3. The molecule has 0 bridgehead atoms. The number of hydrogen-bond acceptors (Lipinski definition) is 3. The SMILES string of the molecule is CCn1ccnc1CC(O)c1ccncc1Cl. The Morgan fingerprint density at radius 2 is 2.29 bits per heavy atom. The summed E-state index contributed by atoms with van der Waals surface area (Å²) < 4.78 is 2.00. The van der Waals surface area contributed by atoms with E-state index in [0.717, 1.165) is 12.4 Å². The number of aliphatic hydroxyl groups is 1. The molecule has 4 nitrogen and oxygen atoms in total. The van der Waals surface area contributed by atoms with Crippen LogP contribution in [0.5, 0.6) is 0 Å². The van der Waals surface area contributed by atoms with Crippen molar-refractivity contribution in [1.29, 1.82) is 0 Å². The minimum Gasteiger partial charge on any atom is -0.388 e. The summed E-state index contributed by atoms with van der Waals surface area (Å²) in [5, 5.41) is 10.6. The van der Waals surface area contributed by atoms with Crippen LogP contribution in [0.2, 0.25) is 5.02 Å². The molecule has 2 heterocycles. The Balaban J connectivity index is 2.17. The van der Waals surface area contributed by atoms with E-state index < -0.39 is 6.10 Å². The van der Waals surface area contributed by atoms with Crippen molar-refractivity contribution in [3.05, 3.63) is 47.3 Å². The largest absolute Gasteiger partial charge is 0.388 e. The lowest BCUT2D eigenvalue weighted by atomic mass is 10.1. The first-order valence-electron chi connectivity index (χ1n) is 5.50. The van der Waals surface area contributed by atoms with E-state index in [2.05, 4.69) is 9.97 Å². The van der Waals surface area contributed by atoms with E-state index in [1.54, 1.807) is 18.5 Å². The molecule has 2 rings (SSSR count). The fourth-order valence-electron chi connectivity index (χ4n) is 1.76.